The van der Waals surface area contributed by atoms with Gasteiger partial charge < -0.3 is 9.73 Å². The second-order valence-corrected chi connectivity index (χ2v) is 4.82. The van der Waals surface area contributed by atoms with Gasteiger partial charge in [-0.1, -0.05) is 11.6 Å². The summed E-state index contributed by atoms with van der Waals surface area (Å²) >= 11 is 5.83. The SMILES string of the molecule is Clc1cnn(Cc2occc2CNC2CC2)c1. The fraction of sp³-hybridized carbons (Fsp3) is 0.417. The molecular weight excluding hydrogens is 238 g/mol. The van der Waals surface area contributed by atoms with Crippen LogP contribution in [-0.2, 0) is 13.1 Å². The van der Waals surface area contributed by atoms with Crippen molar-refractivity contribution < 1.29 is 4.42 Å². The van der Waals surface area contributed by atoms with E-state index in [0.717, 1.165) is 12.3 Å². The van der Waals surface area contributed by atoms with Crippen LogP contribution >= 0.6 is 11.6 Å². The van der Waals surface area contributed by atoms with Crippen LogP contribution in [-0.4, -0.2) is 15.8 Å². The van der Waals surface area contributed by atoms with Gasteiger partial charge in [0.1, 0.15) is 5.76 Å². The van der Waals surface area contributed by atoms with Crippen molar-refractivity contribution in [1.82, 2.24) is 15.1 Å². The maximum atomic E-state index is 5.83. The van der Waals surface area contributed by atoms with Crippen molar-refractivity contribution in [2.75, 3.05) is 0 Å². The zero-order chi connectivity index (χ0) is 11.7. The minimum Gasteiger partial charge on any atom is -0.467 e. The van der Waals surface area contributed by atoms with Gasteiger partial charge in [0.2, 0.25) is 0 Å². The molecule has 1 N–H and O–H groups in total. The van der Waals surface area contributed by atoms with Gasteiger partial charge >= 0.3 is 0 Å². The highest BCUT2D eigenvalue weighted by Crippen LogP contribution is 2.20. The Kier molecular flexibility index (Phi) is 2.91. The van der Waals surface area contributed by atoms with Crippen molar-refractivity contribution in [2.24, 2.45) is 0 Å². The molecule has 4 nitrogen and oxygen atoms in total. The van der Waals surface area contributed by atoms with E-state index in [4.69, 9.17) is 16.0 Å². The molecule has 0 aromatic carbocycles. The number of aromatic nitrogens is 2. The van der Waals surface area contributed by atoms with Crippen molar-refractivity contribution in [3.63, 3.8) is 0 Å². The molecule has 17 heavy (non-hydrogen) atoms. The zero-order valence-corrected chi connectivity index (χ0v) is 10.2. The number of rotatable bonds is 5. The molecule has 1 aliphatic carbocycles. The summed E-state index contributed by atoms with van der Waals surface area (Å²) in [6.07, 6.45) is 7.74. The lowest BCUT2D eigenvalue weighted by Crippen LogP contribution is -2.16. The minimum absolute atomic E-state index is 0.626. The largest absolute Gasteiger partial charge is 0.467 e. The molecule has 0 amide bonds. The molecule has 0 saturated heterocycles. The first kappa shape index (κ1) is 10.9. The van der Waals surface area contributed by atoms with Gasteiger partial charge in [0.25, 0.3) is 0 Å². The second kappa shape index (κ2) is 4.55. The van der Waals surface area contributed by atoms with Gasteiger partial charge in [-0.3, -0.25) is 4.68 Å². The fourth-order valence-electron chi connectivity index (χ4n) is 1.78. The highest BCUT2D eigenvalue weighted by Gasteiger charge is 2.20. The number of nitrogens with zero attached hydrogens (tertiary/aromatic N) is 2. The van der Waals surface area contributed by atoms with Gasteiger partial charge in [-0.15, -0.1) is 0 Å². The van der Waals surface area contributed by atoms with E-state index in [1.165, 1.54) is 18.4 Å². The molecule has 5 heteroatoms. The number of hydrogen-bond acceptors (Lipinski definition) is 3. The lowest BCUT2D eigenvalue weighted by molar-refractivity contribution is 0.472. The third-order valence-corrected chi connectivity index (χ3v) is 3.10. The van der Waals surface area contributed by atoms with E-state index < -0.39 is 0 Å². The summed E-state index contributed by atoms with van der Waals surface area (Å²) in [5.41, 5.74) is 1.20. The maximum absolute atomic E-state index is 5.83. The Morgan fingerprint density at radius 3 is 3.12 bits per heavy atom. The van der Waals surface area contributed by atoms with Gasteiger partial charge in [0.15, 0.2) is 0 Å². The smallest absolute Gasteiger partial charge is 0.129 e. The number of nitrogens with one attached hydrogen (secondary N) is 1. The van der Waals surface area contributed by atoms with E-state index in [1.54, 1.807) is 23.3 Å². The maximum Gasteiger partial charge on any atom is 0.129 e. The van der Waals surface area contributed by atoms with Gasteiger partial charge in [0, 0.05) is 24.3 Å². The molecule has 0 bridgehead atoms. The number of furan rings is 1. The highest BCUT2D eigenvalue weighted by molar-refractivity contribution is 6.30. The van der Waals surface area contributed by atoms with Crippen molar-refractivity contribution in [2.45, 2.75) is 32.0 Å². The van der Waals surface area contributed by atoms with Crippen LogP contribution in [0.4, 0.5) is 0 Å². The normalized spacial score (nSPS) is 15.4. The van der Waals surface area contributed by atoms with Crippen LogP contribution in [0.15, 0.2) is 29.1 Å². The summed E-state index contributed by atoms with van der Waals surface area (Å²) in [5.74, 6) is 0.943. The summed E-state index contributed by atoms with van der Waals surface area (Å²) in [5, 5.41) is 8.27. The van der Waals surface area contributed by atoms with Crippen LogP contribution in [0.25, 0.3) is 0 Å². The lowest BCUT2D eigenvalue weighted by atomic mass is 10.2. The Labute approximate surface area is 105 Å². The van der Waals surface area contributed by atoms with E-state index >= 15 is 0 Å². The van der Waals surface area contributed by atoms with Crippen LogP contribution in [0.1, 0.15) is 24.2 Å². The van der Waals surface area contributed by atoms with Crippen LogP contribution in [0, 0.1) is 0 Å². The van der Waals surface area contributed by atoms with E-state index in [0.29, 0.717) is 17.6 Å². The third-order valence-electron chi connectivity index (χ3n) is 2.90. The van der Waals surface area contributed by atoms with Crippen molar-refractivity contribution in [1.29, 1.82) is 0 Å². The first-order chi connectivity index (χ1) is 8.31. The Balaban J connectivity index is 1.67. The standard InChI is InChI=1S/C12H14ClN3O/c13-10-6-15-16(7-10)8-12-9(3-4-17-12)5-14-11-1-2-11/h3-4,6-7,11,14H,1-2,5,8H2. The quantitative estimate of drug-likeness (QED) is 0.888. The predicted molar refractivity (Wildman–Crippen MR) is 64.9 cm³/mol. The molecule has 2 aromatic heterocycles. The Morgan fingerprint density at radius 2 is 2.41 bits per heavy atom. The average Bonchev–Trinajstić information content (AvgIpc) is 2.90. The molecule has 2 aromatic rings. The summed E-state index contributed by atoms with van der Waals surface area (Å²) in [6.45, 7) is 1.49. The molecule has 3 rings (SSSR count). The van der Waals surface area contributed by atoms with Gasteiger partial charge in [-0.05, 0) is 18.9 Å². The van der Waals surface area contributed by atoms with Gasteiger partial charge in [0.05, 0.1) is 24.0 Å². The van der Waals surface area contributed by atoms with Crippen LogP contribution in [0.5, 0.6) is 0 Å². The Hall–Kier alpha value is -1.26. The topological polar surface area (TPSA) is 43.0 Å². The highest BCUT2D eigenvalue weighted by atomic mass is 35.5. The Morgan fingerprint density at radius 1 is 1.53 bits per heavy atom. The molecule has 1 saturated carbocycles. The average molecular weight is 252 g/mol. The van der Waals surface area contributed by atoms with E-state index in [-0.39, 0.29) is 0 Å². The van der Waals surface area contributed by atoms with E-state index in [9.17, 15) is 0 Å². The monoisotopic (exact) mass is 251 g/mol. The molecule has 2 heterocycles. The van der Waals surface area contributed by atoms with Crippen molar-refractivity contribution in [3.05, 3.63) is 41.1 Å². The Bertz CT molecular complexity index is 501. The molecule has 1 aliphatic rings. The molecule has 0 aliphatic heterocycles. The second-order valence-electron chi connectivity index (χ2n) is 4.38. The molecule has 0 atom stereocenters. The van der Waals surface area contributed by atoms with Crippen LogP contribution in [0.2, 0.25) is 5.02 Å². The summed E-state index contributed by atoms with van der Waals surface area (Å²) in [4.78, 5) is 0. The first-order valence-electron chi connectivity index (χ1n) is 5.78. The van der Waals surface area contributed by atoms with E-state index in [2.05, 4.69) is 10.4 Å². The number of hydrogen-bond donors (Lipinski definition) is 1. The van der Waals surface area contributed by atoms with Crippen molar-refractivity contribution in [3.8, 4) is 0 Å². The zero-order valence-electron chi connectivity index (χ0n) is 9.40. The number of halogens is 1. The molecule has 0 spiro atoms. The molecule has 0 unspecified atom stereocenters. The lowest BCUT2D eigenvalue weighted by Gasteiger charge is -2.04. The van der Waals surface area contributed by atoms with Crippen molar-refractivity contribution >= 4 is 11.6 Å². The molecule has 0 radical (unpaired) electrons. The van der Waals surface area contributed by atoms with Crippen LogP contribution < -0.4 is 5.32 Å². The third kappa shape index (κ3) is 2.70. The first-order valence-corrected chi connectivity index (χ1v) is 6.15. The predicted octanol–water partition coefficient (Wildman–Crippen LogP) is 2.43. The summed E-state index contributed by atoms with van der Waals surface area (Å²) in [7, 11) is 0. The summed E-state index contributed by atoms with van der Waals surface area (Å²) in [6, 6.07) is 2.72. The van der Waals surface area contributed by atoms with E-state index in [1.807, 2.05) is 6.07 Å². The molecular formula is C12H14ClN3O. The summed E-state index contributed by atoms with van der Waals surface area (Å²) < 4.78 is 7.27. The fourth-order valence-corrected chi connectivity index (χ4v) is 1.93. The van der Waals surface area contributed by atoms with Crippen LogP contribution in [0.3, 0.4) is 0 Å². The van der Waals surface area contributed by atoms with Gasteiger partial charge in [-0.25, -0.2) is 0 Å². The van der Waals surface area contributed by atoms with Gasteiger partial charge in [-0.2, -0.15) is 5.10 Å². The minimum atomic E-state index is 0.626. The molecule has 1 fully saturated rings. The molecule has 90 valence electrons.